The molecular formula is C7H11IN2. The summed E-state index contributed by atoms with van der Waals surface area (Å²) in [6, 6.07) is 0. The molecule has 0 amide bonds. The Bertz CT molecular complexity index is 222. The van der Waals surface area contributed by atoms with Gasteiger partial charge in [-0.3, -0.25) is 4.68 Å². The summed E-state index contributed by atoms with van der Waals surface area (Å²) in [4.78, 5) is 0. The minimum Gasteiger partial charge on any atom is -0.266 e. The number of hydrogen-bond donors (Lipinski definition) is 0. The van der Waals surface area contributed by atoms with Crippen molar-refractivity contribution >= 4 is 22.6 Å². The van der Waals surface area contributed by atoms with Gasteiger partial charge in [0.15, 0.2) is 0 Å². The third-order valence-corrected chi connectivity index (χ3v) is 1.80. The van der Waals surface area contributed by atoms with Crippen molar-refractivity contribution in [1.82, 2.24) is 9.78 Å². The molecule has 0 spiro atoms. The summed E-state index contributed by atoms with van der Waals surface area (Å²) in [5, 5.41) is 4.20. The van der Waals surface area contributed by atoms with Crippen molar-refractivity contribution in [2.24, 2.45) is 0 Å². The Morgan fingerprint density at radius 1 is 1.50 bits per heavy atom. The first-order valence-corrected chi connectivity index (χ1v) is 4.29. The first kappa shape index (κ1) is 8.04. The smallest absolute Gasteiger partial charge is 0.0623 e. The zero-order chi connectivity index (χ0) is 7.78. The summed E-state index contributed by atoms with van der Waals surface area (Å²) < 4.78 is 3.15. The second kappa shape index (κ2) is 2.53. The van der Waals surface area contributed by atoms with Crippen molar-refractivity contribution in [3.8, 4) is 0 Å². The van der Waals surface area contributed by atoms with Crippen LogP contribution in [0, 0.1) is 3.57 Å². The fourth-order valence-corrected chi connectivity index (χ4v) is 1.06. The van der Waals surface area contributed by atoms with Crippen molar-refractivity contribution in [3.63, 3.8) is 0 Å². The molecule has 0 aliphatic carbocycles. The van der Waals surface area contributed by atoms with E-state index >= 15 is 0 Å². The van der Waals surface area contributed by atoms with Gasteiger partial charge in [0, 0.05) is 6.20 Å². The maximum atomic E-state index is 4.20. The molecule has 0 aliphatic heterocycles. The molecular weight excluding hydrogens is 239 g/mol. The predicted molar refractivity (Wildman–Crippen MR) is 49.9 cm³/mol. The van der Waals surface area contributed by atoms with Crippen LogP contribution in [0.15, 0.2) is 12.4 Å². The first-order chi connectivity index (χ1) is 4.50. The zero-order valence-corrected chi connectivity index (χ0v) is 8.58. The highest BCUT2D eigenvalue weighted by Gasteiger charge is 2.12. The van der Waals surface area contributed by atoms with Crippen molar-refractivity contribution in [3.05, 3.63) is 16.0 Å². The fraction of sp³-hybridized carbons (Fsp3) is 0.571. The van der Waals surface area contributed by atoms with E-state index in [-0.39, 0.29) is 5.54 Å². The Hall–Kier alpha value is -0.0600. The maximum absolute atomic E-state index is 4.20. The number of rotatable bonds is 0. The normalized spacial score (nSPS) is 12.0. The van der Waals surface area contributed by atoms with Crippen molar-refractivity contribution in [2.45, 2.75) is 26.3 Å². The predicted octanol–water partition coefficient (Wildman–Crippen LogP) is 2.24. The van der Waals surface area contributed by atoms with Crippen LogP contribution in [-0.4, -0.2) is 9.78 Å². The molecule has 0 saturated heterocycles. The molecule has 1 heterocycles. The van der Waals surface area contributed by atoms with Gasteiger partial charge in [0.2, 0.25) is 0 Å². The van der Waals surface area contributed by atoms with Gasteiger partial charge in [0.25, 0.3) is 0 Å². The summed E-state index contributed by atoms with van der Waals surface area (Å²) in [6.45, 7) is 6.40. The summed E-state index contributed by atoms with van der Waals surface area (Å²) in [7, 11) is 0. The van der Waals surface area contributed by atoms with Crippen LogP contribution in [0.2, 0.25) is 0 Å². The van der Waals surface area contributed by atoms with Gasteiger partial charge in [-0.15, -0.1) is 0 Å². The lowest BCUT2D eigenvalue weighted by atomic mass is 10.1. The molecule has 3 heteroatoms. The van der Waals surface area contributed by atoms with Crippen LogP contribution in [0.3, 0.4) is 0 Å². The monoisotopic (exact) mass is 250 g/mol. The Labute approximate surface area is 74.8 Å². The molecule has 1 aromatic heterocycles. The van der Waals surface area contributed by atoms with Crippen molar-refractivity contribution in [1.29, 1.82) is 0 Å². The number of halogens is 1. The molecule has 0 atom stereocenters. The van der Waals surface area contributed by atoms with Crippen LogP contribution in [-0.2, 0) is 5.54 Å². The van der Waals surface area contributed by atoms with Crippen molar-refractivity contribution in [2.75, 3.05) is 0 Å². The van der Waals surface area contributed by atoms with Crippen LogP contribution < -0.4 is 0 Å². The molecule has 0 radical (unpaired) electrons. The van der Waals surface area contributed by atoms with Gasteiger partial charge in [-0.1, -0.05) is 0 Å². The van der Waals surface area contributed by atoms with E-state index in [0.717, 1.165) is 0 Å². The second-order valence-electron chi connectivity index (χ2n) is 3.27. The lowest BCUT2D eigenvalue weighted by Crippen LogP contribution is -2.21. The van der Waals surface area contributed by atoms with E-state index in [4.69, 9.17) is 0 Å². The molecule has 0 bridgehead atoms. The third kappa shape index (κ3) is 1.71. The van der Waals surface area contributed by atoms with E-state index in [2.05, 4.69) is 48.5 Å². The molecule has 0 unspecified atom stereocenters. The van der Waals surface area contributed by atoms with Gasteiger partial charge in [-0.2, -0.15) is 5.10 Å². The molecule has 1 rings (SSSR count). The highest BCUT2D eigenvalue weighted by Crippen LogP contribution is 2.13. The average Bonchev–Trinajstić information content (AvgIpc) is 2.11. The fourth-order valence-electron chi connectivity index (χ4n) is 0.668. The lowest BCUT2D eigenvalue weighted by molar-refractivity contribution is 0.355. The van der Waals surface area contributed by atoms with E-state index in [1.807, 2.05) is 17.1 Å². The van der Waals surface area contributed by atoms with E-state index in [1.165, 1.54) is 3.57 Å². The molecule has 0 fully saturated rings. The largest absolute Gasteiger partial charge is 0.266 e. The number of nitrogens with zero attached hydrogens (tertiary/aromatic N) is 2. The van der Waals surface area contributed by atoms with E-state index in [0.29, 0.717) is 0 Å². The van der Waals surface area contributed by atoms with Crippen LogP contribution in [0.4, 0.5) is 0 Å². The number of aromatic nitrogens is 2. The summed E-state index contributed by atoms with van der Waals surface area (Å²) in [5.41, 5.74) is 0.115. The van der Waals surface area contributed by atoms with Crippen LogP contribution in [0.5, 0.6) is 0 Å². The lowest BCUT2D eigenvalue weighted by Gasteiger charge is -2.18. The molecule has 56 valence electrons. The Kier molecular flexibility index (Phi) is 2.03. The number of hydrogen-bond acceptors (Lipinski definition) is 1. The van der Waals surface area contributed by atoms with Crippen LogP contribution in [0.1, 0.15) is 20.8 Å². The van der Waals surface area contributed by atoms with Gasteiger partial charge in [0.05, 0.1) is 15.3 Å². The molecule has 0 aliphatic rings. The van der Waals surface area contributed by atoms with Gasteiger partial charge < -0.3 is 0 Å². The van der Waals surface area contributed by atoms with Gasteiger partial charge in [-0.25, -0.2) is 0 Å². The summed E-state index contributed by atoms with van der Waals surface area (Å²) in [6.07, 6.45) is 3.91. The van der Waals surface area contributed by atoms with Crippen LogP contribution in [0.25, 0.3) is 0 Å². The third-order valence-electron chi connectivity index (χ3n) is 1.24. The van der Waals surface area contributed by atoms with Crippen molar-refractivity contribution < 1.29 is 0 Å². The average molecular weight is 250 g/mol. The van der Waals surface area contributed by atoms with E-state index in [1.54, 1.807) is 0 Å². The molecule has 0 N–H and O–H groups in total. The minimum absolute atomic E-state index is 0.115. The van der Waals surface area contributed by atoms with Gasteiger partial charge >= 0.3 is 0 Å². The highest BCUT2D eigenvalue weighted by molar-refractivity contribution is 14.1. The molecule has 0 saturated carbocycles. The Balaban J connectivity index is 2.96. The Morgan fingerprint density at radius 2 is 2.10 bits per heavy atom. The SMILES string of the molecule is CC(C)(C)n1cc(I)cn1. The Morgan fingerprint density at radius 3 is 2.30 bits per heavy atom. The van der Waals surface area contributed by atoms with Crippen LogP contribution >= 0.6 is 22.6 Å². The topological polar surface area (TPSA) is 17.8 Å². The highest BCUT2D eigenvalue weighted by atomic mass is 127. The molecule has 1 aromatic rings. The van der Waals surface area contributed by atoms with Gasteiger partial charge in [0.1, 0.15) is 0 Å². The minimum atomic E-state index is 0.115. The standard InChI is InChI=1S/C7H11IN2/c1-7(2,3)10-5-6(8)4-9-10/h4-5H,1-3H3. The summed E-state index contributed by atoms with van der Waals surface area (Å²) in [5.74, 6) is 0. The van der Waals surface area contributed by atoms with Gasteiger partial charge in [-0.05, 0) is 43.4 Å². The molecule has 0 aromatic carbocycles. The zero-order valence-electron chi connectivity index (χ0n) is 6.43. The summed E-state index contributed by atoms with van der Waals surface area (Å²) >= 11 is 2.26. The second-order valence-corrected chi connectivity index (χ2v) is 4.52. The van der Waals surface area contributed by atoms with E-state index in [9.17, 15) is 0 Å². The first-order valence-electron chi connectivity index (χ1n) is 3.21. The molecule has 10 heavy (non-hydrogen) atoms. The quantitative estimate of drug-likeness (QED) is 0.645. The van der Waals surface area contributed by atoms with E-state index < -0.39 is 0 Å². The maximum Gasteiger partial charge on any atom is 0.0623 e. The molecule has 2 nitrogen and oxygen atoms in total.